The number of aryl methyl sites for hydroxylation is 1. The van der Waals surface area contributed by atoms with Gasteiger partial charge < -0.3 is 10.3 Å². The number of hydrogen-bond acceptors (Lipinski definition) is 3. The van der Waals surface area contributed by atoms with Crippen LogP contribution in [0.4, 0.5) is 0 Å². The number of Topliss-reactive ketones (excluding diaryl/α,β-unsaturated/α-hetero) is 1. The van der Waals surface area contributed by atoms with Crippen molar-refractivity contribution in [3.05, 3.63) is 18.2 Å². The molecule has 0 saturated heterocycles. The zero-order valence-corrected chi connectivity index (χ0v) is 7.36. The third kappa shape index (κ3) is 2.40. The average molecular weight is 181 g/mol. The van der Waals surface area contributed by atoms with Gasteiger partial charge in [0.15, 0.2) is 5.82 Å². The van der Waals surface area contributed by atoms with E-state index in [0.29, 0.717) is 13.0 Å². The monoisotopic (exact) mass is 181 g/mol. The minimum absolute atomic E-state index is 0.0733. The van der Waals surface area contributed by atoms with Crippen molar-refractivity contribution in [2.45, 2.75) is 19.9 Å². The molecule has 1 aromatic rings. The number of carbonyl (C=O) groups is 2. The smallest absolute Gasteiger partial charge is 0.284 e. The molecule has 0 spiro atoms. The quantitative estimate of drug-likeness (QED) is 0.708. The first kappa shape index (κ1) is 9.44. The average Bonchev–Trinajstić information content (AvgIpc) is 2.47. The zero-order chi connectivity index (χ0) is 9.84. The lowest BCUT2D eigenvalue weighted by Crippen LogP contribution is -2.18. The number of nitrogens with two attached hydrogens (primary N) is 1. The Labute approximate surface area is 75.6 Å². The van der Waals surface area contributed by atoms with Crippen molar-refractivity contribution >= 4 is 11.7 Å². The minimum Gasteiger partial charge on any atom is -0.363 e. The summed E-state index contributed by atoms with van der Waals surface area (Å²) in [6, 6.07) is 0. The van der Waals surface area contributed by atoms with E-state index in [2.05, 4.69) is 4.98 Å². The van der Waals surface area contributed by atoms with Gasteiger partial charge in [0.2, 0.25) is 0 Å². The Kier molecular flexibility index (Phi) is 2.79. The number of carbonyl (C=O) groups excluding carboxylic acids is 2. The van der Waals surface area contributed by atoms with E-state index in [4.69, 9.17) is 5.73 Å². The molecule has 0 fully saturated rings. The highest BCUT2D eigenvalue weighted by Crippen LogP contribution is 1.98. The fraction of sp³-hybridized carbons (Fsp3) is 0.375. The topological polar surface area (TPSA) is 78.0 Å². The summed E-state index contributed by atoms with van der Waals surface area (Å²) >= 11 is 0. The number of amides is 1. The van der Waals surface area contributed by atoms with Gasteiger partial charge in [-0.3, -0.25) is 9.59 Å². The molecule has 0 bridgehead atoms. The molecular formula is C8H11N3O2. The second-order valence-corrected chi connectivity index (χ2v) is 2.76. The summed E-state index contributed by atoms with van der Waals surface area (Å²) in [6.45, 7) is 1.95. The van der Waals surface area contributed by atoms with Crippen LogP contribution in [-0.4, -0.2) is 21.2 Å². The molecule has 0 aliphatic carbocycles. The molecule has 0 unspecified atom stereocenters. The molecule has 1 amide bonds. The molecule has 2 N–H and O–H groups in total. The van der Waals surface area contributed by atoms with Crippen molar-refractivity contribution in [2.75, 3.05) is 0 Å². The van der Waals surface area contributed by atoms with Gasteiger partial charge in [-0.2, -0.15) is 0 Å². The van der Waals surface area contributed by atoms with Gasteiger partial charge >= 0.3 is 0 Å². The third-order valence-corrected chi connectivity index (χ3v) is 1.64. The van der Waals surface area contributed by atoms with Crippen LogP contribution in [0.15, 0.2) is 12.4 Å². The van der Waals surface area contributed by atoms with Gasteiger partial charge in [0.1, 0.15) is 5.78 Å². The Morgan fingerprint density at radius 1 is 1.62 bits per heavy atom. The minimum atomic E-state index is -0.575. The molecule has 1 aromatic heterocycles. The molecule has 1 heterocycles. The first-order valence-electron chi connectivity index (χ1n) is 3.91. The summed E-state index contributed by atoms with van der Waals surface area (Å²) in [5.74, 6) is -0.307. The summed E-state index contributed by atoms with van der Waals surface area (Å²) < 4.78 is 1.57. The van der Waals surface area contributed by atoms with Crippen LogP contribution in [0, 0.1) is 0 Å². The summed E-state index contributed by atoms with van der Waals surface area (Å²) in [6.07, 6.45) is 3.50. The number of aromatic nitrogens is 2. The fourth-order valence-corrected chi connectivity index (χ4v) is 0.993. The Morgan fingerprint density at radius 3 is 2.85 bits per heavy atom. The van der Waals surface area contributed by atoms with Crippen LogP contribution >= 0.6 is 0 Å². The maximum Gasteiger partial charge on any atom is 0.284 e. The van der Waals surface area contributed by atoms with Crippen molar-refractivity contribution in [1.29, 1.82) is 0 Å². The highest BCUT2D eigenvalue weighted by molar-refractivity contribution is 5.89. The predicted molar refractivity (Wildman–Crippen MR) is 46.0 cm³/mol. The van der Waals surface area contributed by atoms with Crippen LogP contribution < -0.4 is 5.73 Å². The van der Waals surface area contributed by atoms with Gasteiger partial charge in [0.05, 0.1) is 0 Å². The van der Waals surface area contributed by atoms with Gasteiger partial charge in [-0.05, 0) is 6.92 Å². The van der Waals surface area contributed by atoms with Crippen molar-refractivity contribution in [3.63, 3.8) is 0 Å². The number of ketones is 1. The second-order valence-electron chi connectivity index (χ2n) is 2.76. The Bertz CT molecular complexity index is 330. The Balaban J connectivity index is 2.71. The zero-order valence-electron chi connectivity index (χ0n) is 7.36. The van der Waals surface area contributed by atoms with Crippen LogP contribution in [0.1, 0.15) is 24.0 Å². The number of primary amides is 1. The highest BCUT2D eigenvalue weighted by Gasteiger charge is 2.08. The summed E-state index contributed by atoms with van der Waals surface area (Å²) in [4.78, 5) is 25.2. The maximum absolute atomic E-state index is 10.8. The first-order chi connectivity index (χ1) is 6.11. The van der Waals surface area contributed by atoms with Gasteiger partial charge in [-0.15, -0.1) is 0 Å². The van der Waals surface area contributed by atoms with E-state index < -0.39 is 5.91 Å². The van der Waals surface area contributed by atoms with Crippen molar-refractivity contribution < 1.29 is 9.59 Å². The molecule has 5 heteroatoms. The van der Waals surface area contributed by atoms with Gasteiger partial charge in [0.25, 0.3) is 5.91 Å². The Hall–Kier alpha value is -1.65. The molecule has 13 heavy (non-hydrogen) atoms. The normalized spacial score (nSPS) is 9.92. The lowest BCUT2D eigenvalue weighted by molar-refractivity contribution is -0.117. The maximum atomic E-state index is 10.8. The molecule has 1 rings (SSSR count). The van der Waals surface area contributed by atoms with E-state index in [-0.39, 0.29) is 11.6 Å². The summed E-state index contributed by atoms with van der Waals surface area (Å²) in [5, 5.41) is 0. The van der Waals surface area contributed by atoms with E-state index in [1.54, 1.807) is 10.8 Å². The van der Waals surface area contributed by atoms with E-state index in [1.807, 2.05) is 0 Å². The molecule has 0 saturated carbocycles. The highest BCUT2D eigenvalue weighted by atomic mass is 16.1. The molecule has 5 nitrogen and oxygen atoms in total. The van der Waals surface area contributed by atoms with Crippen molar-refractivity contribution in [3.8, 4) is 0 Å². The van der Waals surface area contributed by atoms with Gasteiger partial charge in [-0.25, -0.2) is 4.98 Å². The largest absolute Gasteiger partial charge is 0.363 e. The van der Waals surface area contributed by atoms with Crippen LogP contribution in [0.2, 0.25) is 0 Å². The lowest BCUT2D eigenvalue weighted by Gasteiger charge is -2.02. The summed E-state index contributed by atoms with van der Waals surface area (Å²) in [7, 11) is 0. The van der Waals surface area contributed by atoms with Crippen molar-refractivity contribution in [1.82, 2.24) is 9.55 Å². The number of imidazole rings is 1. The third-order valence-electron chi connectivity index (χ3n) is 1.64. The standard InChI is InChI=1S/C8H11N3O2/c1-6(12)2-4-11-5-3-10-8(11)7(9)13/h3,5H,2,4H2,1H3,(H2,9,13). The van der Waals surface area contributed by atoms with Crippen LogP contribution in [0.5, 0.6) is 0 Å². The summed E-state index contributed by atoms with van der Waals surface area (Å²) in [5.41, 5.74) is 5.06. The second kappa shape index (κ2) is 3.84. The van der Waals surface area contributed by atoms with Crippen molar-refractivity contribution in [2.24, 2.45) is 5.73 Å². The van der Waals surface area contributed by atoms with Gasteiger partial charge in [-0.1, -0.05) is 0 Å². The first-order valence-corrected chi connectivity index (χ1v) is 3.91. The number of nitrogens with zero attached hydrogens (tertiary/aromatic N) is 2. The van der Waals surface area contributed by atoms with Crippen LogP contribution in [-0.2, 0) is 11.3 Å². The molecule has 70 valence electrons. The molecule has 0 radical (unpaired) electrons. The molecule has 0 aliphatic heterocycles. The molecular weight excluding hydrogens is 170 g/mol. The lowest BCUT2D eigenvalue weighted by atomic mass is 10.3. The molecule has 0 atom stereocenters. The number of hydrogen-bond donors (Lipinski definition) is 1. The Morgan fingerprint density at radius 2 is 2.31 bits per heavy atom. The fourth-order valence-electron chi connectivity index (χ4n) is 0.993. The SMILES string of the molecule is CC(=O)CCn1ccnc1C(N)=O. The van der Waals surface area contributed by atoms with Gasteiger partial charge in [0, 0.05) is 25.4 Å². The molecule has 0 aliphatic rings. The molecule has 0 aromatic carbocycles. The van der Waals surface area contributed by atoms with E-state index in [9.17, 15) is 9.59 Å². The van der Waals surface area contributed by atoms with E-state index in [1.165, 1.54) is 13.1 Å². The van der Waals surface area contributed by atoms with E-state index >= 15 is 0 Å². The van der Waals surface area contributed by atoms with Crippen LogP contribution in [0.3, 0.4) is 0 Å². The predicted octanol–water partition coefficient (Wildman–Crippen LogP) is -0.0389. The van der Waals surface area contributed by atoms with Crippen LogP contribution in [0.25, 0.3) is 0 Å². The number of rotatable bonds is 4. The van der Waals surface area contributed by atoms with E-state index in [0.717, 1.165) is 0 Å².